The van der Waals surface area contributed by atoms with Gasteiger partial charge >= 0.3 is 0 Å². The van der Waals surface area contributed by atoms with E-state index in [9.17, 15) is 10.1 Å². The molecule has 0 bridgehead atoms. The molecule has 7 heteroatoms. The summed E-state index contributed by atoms with van der Waals surface area (Å²) in [5.41, 5.74) is 6.78. The number of oxime groups is 1. The second-order valence-electron chi connectivity index (χ2n) is 5.63. The number of amidine groups is 1. The Kier molecular flexibility index (Phi) is 4.30. The van der Waals surface area contributed by atoms with E-state index >= 15 is 0 Å². The lowest BCUT2D eigenvalue weighted by Gasteiger charge is -2.30. The van der Waals surface area contributed by atoms with Crippen molar-refractivity contribution < 1.29 is 10.1 Å². The minimum Gasteiger partial charge on any atom is -0.409 e. The smallest absolute Gasteiger partial charge is 0.270 e. The van der Waals surface area contributed by atoms with Crippen molar-refractivity contribution >= 4 is 17.2 Å². The van der Waals surface area contributed by atoms with Gasteiger partial charge in [-0.15, -0.1) is 0 Å². The van der Waals surface area contributed by atoms with E-state index in [2.05, 4.69) is 23.9 Å². The Morgan fingerprint density at radius 1 is 1.57 bits per heavy atom. The molecule has 1 aromatic carbocycles. The standard InChI is InChI=1S/C14H20N4O3/c1-9(2)17(8-10-3-4-10)13-6-5-11(18(20)21)7-12(13)14(15)16-19/h5-7,9-10,19H,3-4,8H2,1-2H3,(H2,15,16). The van der Waals surface area contributed by atoms with Gasteiger partial charge in [-0.2, -0.15) is 0 Å². The van der Waals surface area contributed by atoms with E-state index in [0.717, 1.165) is 12.2 Å². The molecule has 1 fully saturated rings. The van der Waals surface area contributed by atoms with Crippen molar-refractivity contribution in [3.05, 3.63) is 33.9 Å². The number of nitro groups is 1. The summed E-state index contributed by atoms with van der Waals surface area (Å²) in [7, 11) is 0. The molecule has 1 saturated carbocycles. The second kappa shape index (κ2) is 5.99. The molecule has 0 atom stereocenters. The molecule has 0 heterocycles. The summed E-state index contributed by atoms with van der Waals surface area (Å²) in [5.74, 6) is 0.540. The number of hydrogen-bond acceptors (Lipinski definition) is 5. The Morgan fingerprint density at radius 2 is 2.24 bits per heavy atom. The Hall–Kier alpha value is -2.31. The van der Waals surface area contributed by atoms with Gasteiger partial charge < -0.3 is 15.8 Å². The number of hydrogen-bond donors (Lipinski definition) is 2. The first-order valence-corrected chi connectivity index (χ1v) is 6.97. The molecule has 0 radical (unpaired) electrons. The largest absolute Gasteiger partial charge is 0.409 e. The maximum absolute atomic E-state index is 10.9. The van der Waals surface area contributed by atoms with E-state index in [1.165, 1.54) is 25.0 Å². The predicted molar refractivity (Wildman–Crippen MR) is 80.8 cm³/mol. The minimum atomic E-state index is -0.488. The zero-order chi connectivity index (χ0) is 15.6. The molecule has 0 spiro atoms. The molecule has 114 valence electrons. The fraction of sp³-hybridized carbons (Fsp3) is 0.500. The van der Waals surface area contributed by atoms with Gasteiger partial charge in [0.2, 0.25) is 0 Å². The molecule has 21 heavy (non-hydrogen) atoms. The summed E-state index contributed by atoms with van der Waals surface area (Å²) in [6, 6.07) is 4.70. The lowest BCUT2D eigenvalue weighted by molar-refractivity contribution is -0.384. The van der Waals surface area contributed by atoms with Crippen LogP contribution in [0.1, 0.15) is 32.3 Å². The Morgan fingerprint density at radius 3 is 2.71 bits per heavy atom. The summed E-state index contributed by atoms with van der Waals surface area (Å²) >= 11 is 0. The average Bonchev–Trinajstić information content (AvgIpc) is 3.27. The SMILES string of the molecule is CC(C)N(CC1CC1)c1ccc([N+](=O)[O-])cc1C(N)=NO. The van der Waals surface area contributed by atoms with Gasteiger partial charge in [-0.3, -0.25) is 10.1 Å². The molecule has 0 aromatic heterocycles. The van der Waals surface area contributed by atoms with Crippen LogP contribution >= 0.6 is 0 Å². The van der Waals surface area contributed by atoms with Crippen molar-refractivity contribution in [1.29, 1.82) is 0 Å². The molecule has 3 N–H and O–H groups in total. The maximum Gasteiger partial charge on any atom is 0.270 e. The minimum absolute atomic E-state index is 0.0736. The van der Waals surface area contributed by atoms with Crippen LogP contribution in [0.4, 0.5) is 11.4 Å². The zero-order valence-electron chi connectivity index (χ0n) is 12.2. The first-order chi connectivity index (χ1) is 9.93. The van der Waals surface area contributed by atoms with Gasteiger partial charge in [-0.05, 0) is 38.7 Å². The van der Waals surface area contributed by atoms with E-state index < -0.39 is 4.92 Å². The lowest BCUT2D eigenvalue weighted by Crippen LogP contribution is -2.34. The highest BCUT2D eigenvalue weighted by atomic mass is 16.6. The zero-order valence-corrected chi connectivity index (χ0v) is 12.2. The van der Waals surface area contributed by atoms with Crippen molar-refractivity contribution in [2.24, 2.45) is 16.8 Å². The molecule has 1 aliphatic carbocycles. The highest BCUT2D eigenvalue weighted by Gasteiger charge is 2.28. The molecule has 1 aliphatic rings. The molecular formula is C14H20N4O3. The molecule has 0 aliphatic heterocycles. The van der Waals surface area contributed by atoms with Gasteiger partial charge in [-0.1, -0.05) is 5.16 Å². The summed E-state index contributed by atoms with van der Waals surface area (Å²) in [5, 5.41) is 22.8. The van der Waals surface area contributed by atoms with Crippen LogP contribution in [0.3, 0.4) is 0 Å². The van der Waals surface area contributed by atoms with Gasteiger partial charge in [0.15, 0.2) is 5.84 Å². The molecule has 1 aromatic rings. The van der Waals surface area contributed by atoms with Crippen LogP contribution in [-0.2, 0) is 0 Å². The monoisotopic (exact) mass is 292 g/mol. The van der Waals surface area contributed by atoms with Crippen LogP contribution in [0.25, 0.3) is 0 Å². The van der Waals surface area contributed by atoms with E-state index in [-0.39, 0.29) is 17.6 Å². The third-order valence-electron chi connectivity index (χ3n) is 3.66. The summed E-state index contributed by atoms with van der Waals surface area (Å²) in [4.78, 5) is 12.6. The van der Waals surface area contributed by atoms with E-state index in [1.54, 1.807) is 6.07 Å². The van der Waals surface area contributed by atoms with Crippen molar-refractivity contribution in [1.82, 2.24) is 0 Å². The van der Waals surface area contributed by atoms with Crippen LogP contribution in [0, 0.1) is 16.0 Å². The number of anilines is 1. The van der Waals surface area contributed by atoms with Crippen LogP contribution in [0.5, 0.6) is 0 Å². The van der Waals surface area contributed by atoms with E-state index in [0.29, 0.717) is 11.5 Å². The molecule has 0 amide bonds. The molecule has 0 saturated heterocycles. The number of nitro benzene ring substituents is 1. The first kappa shape index (κ1) is 15.1. The third kappa shape index (κ3) is 3.42. The second-order valence-corrected chi connectivity index (χ2v) is 5.63. The fourth-order valence-electron chi connectivity index (χ4n) is 2.31. The normalized spacial score (nSPS) is 15.3. The summed E-state index contributed by atoms with van der Waals surface area (Å²) in [6.45, 7) is 4.99. The average molecular weight is 292 g/mol. The fourth-order valence-corrected chi connectivity index (χ4v) is 2.31. The van der Waals surface area contributed by atoms with Gasteiger partial charge in [0.25, 0.3) is 5.69 Å². The molecular weight excluding hydrogens is 272 g/mol. The van der Waals surface area contributed by atoms with Crippen molar-refractivity contribution in [3.63, 3.8) is 0 Å². The van der Waals surface area contributed by atoms with Gasteiger partial charge in [0, 0.05) is 30.4 Å². The number of nitrogens with zero attached hydrogens (tertiary/aromatic N) is 3. The predicted octanol–water partition coefficient (Wildman–Crippen LogP) is 2.31. The van der Waals surface area contributed by atoms with Crippen LogP contribution < -0.4 is 10.6 Å². The van der Waals surface area contributed by atoms with E-state index in [4.69, 9.17) is 10.9 Å². The summed E-state index contributed by atoms with van der Waals surface area (Å²) < 4.78 is 0. The first-order valence-electron chi connectivity index (χ1n) is 6.97. The maximum atomic E-state index is 10.9. The molecule has 2 rings (SSSR count). The summed E-state index contributed by atoms with van der Waals surface area (Å²) in [6.07, 6.45) is 2.41. The van der Waals surface area contributed by atoms with Crippen LogP contribution in [-0.4, -0.2) is 28.6 Å². The van der Waals surface area contributed by atoms with E-state index in [1.807, 2.05) is 0 Å². The van der Waals surface area contributed by atoms with Crippen molar-refractivity contribution in [2.45, 2.75) is 32.7 Å². The van der Waals surface area contributed by atoms with Crippen LogP contribution in [0.15, 0.2) is 23.4 Å². The Bertz CT molecular complexity index is 567. The van der Waals surface area contributed by atoms with Crippen molar-refractivity contribution in [2.75, 3.05) is 11.4 Å². The van der Waals surface area contributed by atoms with Gasteiger partial charge in [0.1, 0.15) is 0 Å². The lowest BCUT2D eigenvalue weighted by atomic mass is 10.1. The highest BCUT2D eigenvalue weighted by Crippen LogP contribution is 2.34. The Balaban J connectivity index is 2.46. The Labute approximate surface area is 123 Å². The molecule has 7 nitrogen and oxygen atoms in total. The highest BCUT2D eigenvalue weighted by molar-refractivity contribution is 6.02. The topological polar surface area (TPSA) is 105 Å². The number of nitrogens with two attached hydrogens (primary N) is 1. The van der Waals surface area contributed by atoms with Gasteiger partial charge in [0.05, 0.1) is 10.5 Å². The quantitative estimate of drug-likeness (QED) is 0.275. The van der Waals surface area contributed by atoms with Crippen molar-refractivity contribution in [3.8, 4) is 0 Å². The third-order valence-corrected chi connectivity index (χ3v) is 3.66. The van der Waals surface area contributed by atoms with Gasteiger partial charge in [-0.25, -0.2) is 0 Å². The number of benzene rings is 1. The number of non-ortho nitro benzene ring substituents is 1. The van der Waals surface area contributed by atoms with Crippen LogP contribution in [0.2, 0.25) is 0 Å². The molecule has 0 unspecified atom stereocenters. The number of rotatable bonds is 6.